The molecule has 0 atom stereocenters. The molecule has 0 spiro atoms. The van der Waals surface area contributed by atoms with E-state index in [9.17, 15) is 4.79 Å². The second-order valence-electron chi connectivity index (χ2n) is 7.77. The molecule has 2 fully saturated rings. The second-order valence-corrected chi connectivity index (χ2v) is 7.77. The molecular formula is C22H28N4O. The number of hydrogen-bond acceptors (Lipinski definition) is 4. The summed E-state index contributed by atoms with van der Waals surface area (Å²) in [7, 11) is 0. The van der Waals surface area contributed by atoms with Crippen LogP contribution in [0.4, 0.5) is 17.2 Å². The Hall–Kier alpha value is -2.56. The number of nitrogens with one attached hydrogen (secondary N) is 1. The van der Waals surface area contributed by atoms with Crippen LogP contribution in [0.5, 0.6) is 0 Å². The molecule has 2 aliphatic rings. The Kier molecular flexibility index (Phi) is 5.28. The van der Waals surface area contributed by atoms with Crippen LogP contribution in [0.2, 0.25) is 0 Å². The van der Waals surface area contributed by atoms with Gasteiger partial charge in [0.15, 0.2) is 0 Å². The average molecular weight is 364 g/mol. The highest BCUT2D eigenvalue weighted by Crippen LogP contribution is 2.25. The predicted octanol–water partition coefficient (Wildman–Crippen LogP) is 4.30. The van der Waals surface area contributed by atoms with Crippen molar-refractivity contribution in [1.82, 2.24) is 9.88 Å². The first kappa shape index (κ1) is 17.8. The van der Waals surface area contributed by atoms with Gasteiger partial charge in [-0.3, -0.25) is 4.79 Å². The van der Waals surface area contributed by atoms with Crippen LogP contribution in [0.15, 0.2) is 42.6 Å². The molecule has 0 aliphatic carbocycles. The minimum absolute atomic E-state index is 0.0896. The summed E-state index contributed by atoms with van der Waals surface area (Å²) in [5, 5.41) is 3.32. The van der Waals surface area contributed by atoms with Crippen molar-refractivity contribution in [3.05, 3.63) is 48.2 Å². The molecule has 1 aromatic heterocycles. The van der Waals surface area contributed by atoms with Crippen molar-refractivity contribution in [2.75, 3.05) is 36.4 Å². The van der Waals surface area contributed by atoms with E-state index in [0.29, 0.717) is 5.56 Å². The van der Waals surface area contributed by atoms with Crippen LogP contribution < -0.4 is 10.2 Å². The fourth-order valence-electron chi connectivity index (χ4n) is 3.87. The quantitative estimate of drug-likeness (QED) is 0.879. The summed E-state index contributed by atoms with van der Waals surface area (Å²) in [6.07, 6.45) is 6.42. The third kappa shape index (κ3) is 4.24. The van der Waals surface area contributed by atoms with Gasteiger partial charge < -0.3 is 15.1 Å². The minimum Gasteiger partial charge on any atom is -0.372 e. The second kappa shape index (κ2) is 7.99. The first-order valence-electron chi connectivity index (χ1n) is 10.1. The van der Waals surface area contributed by atoms with Crippen LogP contribution in [0.3, 0.4) is 0 Å². The molecular weight excluding hydrogens is 336 g/mol. The highest BCUT2D eigenvalue weighted by atomic mass is 16.2. The maximum absolute atomic E-state index is 12.4. The minimum atomic E-state index is 0.0896. The third-order valence-electron chi connectivity index (χ3n) is 5.69. The fourth-order valence-corrected chi connectivity index (χ4v) is 3.87. The number of rotatable bonds is 4. The lowest BCUT2D eigenvalue weighted by atomic mass is 9.99. The Labute approximate surface area is 161 Å². The molecule has 27 heavy (non-hydrogen) atoms. The van der Waals surface area contributed by atoms with Gasteiger partial charge in [-0.1, -0.05) is 6.92 Å². The lowest BCUT2D eigenvalue weighted by Gasteiger charge is -2.32. The maximum atomic E-state index is 12.4. The first-order valence-corrected chi connectivity index (χ1v) is 10.1. The Morgan fingerprint density at radius 3 is 2.33 bits per heavy atom. The summed E-state index contributed by atoms with van der Waals surface area (Å²) in [5.41, 5.74) is 2.96. The van der Waals surface area contributed by atoms with Crippen LogP contribution in [-0.2, 0) is 0 Å². The van der Waals surface area contributed by atoms with Gasteiger partial charge in [0.2, 0.25) is 0 Å². The van der Waals surface area contributed by atoms with E-state index in [1.165, 1.54) is 18.5 Å². The molecule has 1 aromatic carbocycles. The first-order chi connectivity index (χ1) is 13.2. The Morgan fingerprint density at radius 2 is 1.70 bits per heavy atom. The highest BCUT2D eigenvalue weighted by Gasteiger charge is 2.19. The number of pyridine rings is 1. The van der Waals surface area contributed by atoms with E-state index in [0.717, 1.165) is 56.4 Å². The van der Waals surface area contributed by atoms with Crippen LogP contribution in [0.25, 0.3) is 0 Å². The topological polar surface area (TPSA) is 48.5 Å². The molecule has 5 nitrogen and oxygen atoms in total. The normalized spacial score (nSPS) is 18.0. The van der Waals surface area contributed by atoms with Gasteiger partial charge in [-0.05, 0) is 68.0 Å². The fraction of sp³-hybridized carbons (Fsp3) is 0.455. The number of anilines is 3. The summed E-state index contributed by atoms with van der Waals surface area (Å²) in [4.78, 5) is 21.2. The molecule has 5 heteroatoms. The van der Waals surface area contributed by atoms with E-state index >= 15 is 0 Å². The SMILES string of the molecule is CC1CCN(c2ccc(Nc3ccc(C(=O)N4CCCC4)cn3)cc2)CC1. The number of piperidine rings is 1. The number of aromatic nitrogens is 1. The van der Waals surface area contributed by atoms with Crippen molar-refractivity contribution in [2.45, 2.75) is 32.6 Å². The van der Waals surface area contributed by atoms with E-state index in [1.807, 2.05) is 17.0 Å². The summed E-state index contributed by atoms with van der Waals surface area (Å²) >= 11 is 0. The number of benzene rings is 1. The third-order valence-corrected chi connectivity index (χ3v) is 5.69. The van der Waals surface area contributed by atoms with E-state index in [-0.39, 0.29) is 5.91 Å². The van der Waals surface area contributed by atoms with Crippen LogP contribution in [0, 0.1) is 5.92 Å². The van der Waals surface area contributed by atoms with Gasteiger partial charge in [0, 0.05) is 43.8 Å². The highest BCUT2D eigenvalue weighted by molar-refractivity contribution is 5.94. The van der Waals surface area contributed by atoms with E-state index in [4.69, 9.17) is 0 Å². The van der Waals surface area contributed by atoms with Crippen LogP contribution in [0.1, 0.15) is 43.0 Å². The number of carbonyl (C=O) groups excluding carboxylic acids is 1. The number of amides is 1. The molecule has 0 bridgehead atoms. The molecule has 142 valence electrons. The molecule has 4 rings (SSSR count). The van der Waals surface area contributed by atoms with Gasteiger partial charge in [-0.25, -0.2) is 4.98 Å². The molecule has 1 amide bonds. The Bertz CT molecular complexity index is 758. The number of hydrogen-bond donors (Lipinski definition) is 1. The van der Waals surface area contributed by atoms with Gasteiger partial charge in [0.05, 0.1) is 5.56 Å². The maximum Gasteiger partial charge on any atom is 0.255 e. The van der Waals surface area contributed by atoms with Crippen LogP contribution >= 0.6 is 0 Å². The monoisotopic (exact) mass is 364 g/mol. The summed E-state index contributed by atoms with van der Waals surface area (Å²) in [5.74, 6) is 1.69. The van der Waals surface area contributed by atoms with E-state index in [1.54, 1.807) is 6.20 Å². The Morgan fingerprint density at radius 1 is 1.00 bits per heavy atom. The smallest absolute Gasteiger partial charge is 0.255 e. The van der Waals surface area contributed by atoms with Crippen molar-refractivity contribution < 1.29 is 4.79 Å². The summed E-state index contributed by atoms with van der Waals surface area (Å²) < 4.78 is 0. The summed E-state index contributed by atoms with van der Waals surface area (Å²) in [6.45, 7) is 6.34. The number of nitrogens with zero attached hydrogens (tertiary/aromatic N) is 3. The molecule has 3 heterocycles. The zero-order valence-corrected chi connectivity index (χ0v) is 16.0. The summed E-state index contributed by atoms with van der Waals surface area (Å²) in [6, 6.07) is 12.3. The van der Waals surface area contributed by atoms with Crippen molar-refractivity contribution in [1.29, 1.82) is 0 Å². The van der Waals surface area contributed by atoms with E-state index in [2.05, 4.69) is 46.4 Å². The molecule has 1 N–H and O–H groups in total. The molecule has 2 aliphatic heterocycles. The van der Waals surface area contributed by atoms with E-state index < -0.39 is 0 Å². The zero-order chi connectivity index (χ0) is 18.6. The Balaban J connectivity index is 1.36. The van der Waals surface area contributed by atoms with Gasteiger partial charge in [0.1, 0.15) is 5.82 Å². The molecule has 2 saturated heterocycles. The van der Waals surface area contributed by atoms with Gasteiger partial charge in [-0.15, -0.1) is 0 Å². The van der Waals surface area contributed by atoms with Crippen molar-refractivity contribution >= 4 is 23.1 Å². The van der Waals surface area contributed by atoms with Crippen molar-refractivity contribution in [2.24, 2.45) is 5.92 Å². The van der Waals surface area contributed by atoms with Crippen LogP contribution in [-0.4, -0.2) is 42.0 Å². The number of carbonyl (C=O) groups is 1. The average Bonchev–Trinajstić information content (AvgIpc) is 3.24. The van der Waals surface area contributed by atoms with Gasteiger partial charge >= 0.3 is 0 Å². The molecule has 0 radical (unpaired) electrons. The lowest BCUT2D eigenvalue weighted by molar-refractivity contribution is 0.0792. The lowest BCUT2D eigenvalue weighted by Crippen LogP contribution is -2.32. The zero-order valence-electron chi connectivity index (χ0n) is 16.0. The standard InChI is InChI=1S/C22H28N4O/c1-17-10-14-25(15-11-17)20-7-5-19(6-8-20)24-21-9-4-18(16-23-21)22(27)26-12-2-3-13-26/h4-9,16-17H,2-3,10-15H2,1H3,(H,23,24). The number of likely N-dealkylation sites (tertiary alicyclic amines) is 1. The molecule has 2 aromatic rings. The molecule has 0 saturated carbocycles. The van der Waals surface area contributed by atoms with Crippen molar-refractivity contribution in [3.8, 4) is 0 Å². The van der Waals surface area contributed by atoms with Crippen molar-refractivity contribution in [3.63, 3.8) is 0 Å². The van der Waals surface area contributed by atoms with Gasteiger partial charge in [0.25, 0.3) is 5.91 Å². The predicted molar refractivity (Wildman–Crippen MR) is 110 cm³/mol. The van der Waals surface area contributed by atoms with Gasteiger partial charge in [-0.2, -0.15) is 0 Å². The molecule has 0 unspecified atom stereocenters. The largest absolute Gasteiger partial charge is 0.372 e.